The first-order chi connectivity index (χ1) is 9.29. The maximum Gasteiger partial charge on any atom is 0.0488 e. The van der Waals surface area contributed by atoms with Crippen LogP contribution in [-0.2, 0) is 0 Å². The van der Waals surface area contributed by atoms with Crippen molar-refractivity contribution < 1.29 is 0 Å². The lowest BCUT2D eigenvalue weighted by atomic mass is 9.94. The van der Waals surface area contributed by atoms with Gasteiger partial charge in [0.2, 0.25) is 0 Å². The Kier molecular flexibility index (Phi) is 6.34. The fourth-order valence-corrected chi connectivity index (χ4v) is 22.8. The van der Waals surface area contributed by atoms with E-state index in [1.807, 2.05) is 0 Å². The van der Waals surface area contributed by atoms with E-state index >= 15 is 0 Å². The molecule has 0 aromatic rings. The van der Waals surface area contributed by atoms with Crippen molar-refractivity contribution in [2.24, 2.45) is 0 Å². The highest BCUT2D eigenvalue weighted by atomic mass is 31.1. The highest BCUT2D eigenvalue weighted by molar-refractivity contribution is 7.49. The molecule has 0 aliphatic carbocycles. The van der Waals surface area contributed by atoms with Crippen LogP contribution in [0.3, 0.4) is 0 Å². The van der Waals surface area contributed by atoms with Crippen molar-refractivity contribution in [2.45, 2.75) is 83.5 Å². The molecule has 0 spiro atoms. The minimum absolute atomic E-state index is 0.435. The zero-order valence-corrected chi connectivity index (χ0v) is 19.8. The molecule has 0 N–H and O–H groups in total. The standard InChI is InChI=1S/C17H36P2Si2/c1-13-14(2)17(4,19-15(13)3)11-12-18-16(20(5,6)7)21(8,9)10/h16,18H,11-12H2,1-10H3. The second-order valence-electron chi connectivity index (χ2n) is 9.09. The van der Waals surface area contributed by atoms with Gasteiger partial charge in [-0.15, -0.1) is 8.58 Å². The first-order valence-electron chi connectivity index (χ1n) is 8.27. The molecule has 2 unspecified atom stereocenters. The minimum Gasteiger partial charge on any atom is -0.124 e. The summed E-state index contributed by atoms with van der Waals surface area (Å²) in [6.45, 7) is 25.0. The molecule has 0 aromatic heterocycles. The van der Waals surface area contributed by atoms with E-state index in [1.54, 1.807) is 24.6 Å². The molecule has 0 nitrogen and oxygen atoms in total. The summed E-state index contributed by atoms with van der Waals surface area (Å²) in [6, 6.07) is 0. The van der Waals surface area contributed by atoms with Crippen LogP contribution in [0.2, 0.25) is 39.3 Å². The topological polar surface area (TPSA) is 0 Å². The van der Waals surface area contributed by atoms with Crippen molar-refractivity contribution in [1.29, 1.82) is 0 Å². The van der Waals surface area contributed by atoms with Crippen LogP contribution in [0.15, 0.2) is 11.1 Å². The van der Waals surface area contributed by atoms with Gasteiger partial charge in [-0.05, 0) is 56.0 Å². The van der Waals surface area contributed by atoms with Gasteiger partial charge in [0.25, 0.3) is 0 Å². The molecule has 0 radical (unpaired) electrons. The summed E-state index contributed by atoms with van der Waals surface area (Å²) < 4.78 is 0. The van der Waals surface area contributed by atoms with Crippen LogP contribution in [0.5, 0.6) is 0 Å². The third-order valence-electron chi connectivity index (χ3n) is 5.02. The largest absolute Gasteiger partial charge is 0.124 e. The van der Waals surface area contributed by atoms with E-state index in [9.17, 15) is 0 Å². The Labute approximate surface area is 139 Å². The molecule has 1 aliphatic heterocycles. The molecule has 0 aromatic carbocycles. The maximum atomic E-state index is 2.59. The Balaban J connectivity index is 2.73. The van der Waals surface area contributed by atoms with Gasteiger partial charge in [-0.1, -0.05) is 53.1 Å². The summed E-state index contributed by atoms with van der Waals surface area (Å²) in [7, 11) is 0.746. The van der Waals surface area contributed by atoms with Crippen molar-refractivity contribution in [1.82, 2.24) is 0 Å². The Hall–Kier alpha value is 0.774. The average molecular weight is 359 g/mol. The lowest BCUT2D eigenvalue weighted by Crippen LogP contribution is -2.51. The van der Waals surface area contributed by atoms with Gasteiger partial charge in [-0.2, -0.15) is 0 Å². The second kappa shape index (κ2) is 6.72. The van der Waals surface area contributed by atoms with Gasteiger partial charge in [0.15, 0.2) is 0 Å². The smallest absolute Gasteiger partial charge is 0.0488 e. The molecule has 1 rings (SSSR count). The summed E-state index contributed by atoms with van der Waals surface area (Å²) in [4.78, 5) is 1.09. The molecule has 2 atom stereocenters. The van der Waals surface area contributed by atoms with Gasteiger partial charge >= 0.3 is 0 Å². The van der Waals surface area contributed by atoms with E-state index in [1.165, 1.54) is 21.2 Å². The predicted octanol–water partition coefficient (Wildman–Crippen LogP) is 6.43. The molecular formula is C17H36P2Si2. The van der Waals surface area contributed by atoms with E-state index in [4.69, 9.17) is 0 Å². The van der Waals surface area contributed by atoms with Gasteiger partial charge in [-0.3, -0.25) is 0 Å². The fraction of sp³-hybridized carbons (Fsp3) is 0.824. The third-order valence-corrected chi connectivity index (χ3v) is 22.8. The Bertz CT molecular complexity index is 438. The summed E-state index contributed by atoms with van der Waals surface area (Å²) in [6.07, 6.45) is 2.83. The molecule has 0 saturated heterocycles. The number of rotatable bonds is 6. The van der Waals surface area contributed by atoms with Gasteiger partial charge in [0.05, 0.1) is 0 Å². The highest BCUT2D eigenvalue weighted by Gasteiger charge is 2.38. The molecule has 1 heterocycles. The van der Waals surface area contributed by atoms with Crippen LogP contribution < -0.4 is 0 Å². The zero-order valence-electron chi connectivity index (χ0n) is 15.9. The molecule has 4 heteroatoms. The lowest BCUT2D eigenvalue weighted by Gasteiger charge is -2.39. The normalized spacial score (nSPS) is 25.4. The van der Waals surface area contributed by atoms with Gasteiger partial charge in [-0.25, -0.2) is 0 Å². The Morgan fingerprint density at radius 3 is 1.81 bits per heavy atom. The number of hydrogen-bond donors (Lipinski definition) is 0. The van der Waals surface area contributed by atoms with Gasteiger partial charge in [0, 0.05) is 21.3 Å². The molecule has 0 saturated carbocycles. The molecule has 0 fully saturated rings. The minimum atomic E-state index is -1.01. The first-order valence-corrected chi connectivity index (χ1v) is 17.6. The fourth-order valence-electron chi connectivity index (χ4n) is 3.83. The summed E-state index contributed by atoms with van der Waals surface area (Å²) >= 11 is 0. The number of hydrogen-bond acceptors (Lipinski definition) is 0. The Morgan fingerprint density at radius 2 is 1.48 bits per heavy atom. The van der Waals surface area contributed by atoms with Crippen LogP contribution >= 0.6 is 16.8 Å². The first kappa shape index (κ1) is 19.8. The third kappa shape index (κ3) is 4.87. The molecule has 1 aliphatic rings. The summed E-state index contributed by atoms with van der Waals surface area (Å²) in [5.41, 5.74) is 3.23. The highest BCUT2D eigenvalue weighted by Crippen LogP contribution is 2.46. The predicted molar refractivity (Wildman–Crippen MR) is 113 cm³/mol. The summed E-state index contributed by atoms with van der Waals surface area (Å²) in [5, 5.41) is 2.04. The maximum absolute atomic E-state index is 2.59. The van der Waals surface area contributed by atoms with Crippen LogP contribution in [0.1, 0.15) is 34.1 Å². The zero-order chi connectivity index (χ0) is 16.6. The van der Waals surface area contributed by atoms with Crippen LogP contribution in [0, 0.1) is 0 Å². The molecule has 122 valence electrons. The molecule has 0 bridgehead atoms. The van der Waals surface area contributed by atoms with Crippen molar-refractivity contribution in [3.63, 3.8) is 0 Å². The second-order valence-corrected chi connectivity index (χ2v) is 24.8. The number of allylic oxidation sites excluding steroid dienone is 2. The van der Waals surface area contributed by atoms with Crippen molar-refractivity contribution in [3.8, 4) is 0 Å². The van der Waals surface area contributed by atoms with Crippen LogP contribution in [0.4, 0.5) is 0 Å². The van der Waals surface area contributed by atoms with Gasteiger partial charge < -0.3 is 0 Å². The molecule has 0 amide bonds. The van der Waals surface area contributed by atoms with Crippen molar-refractivity contribution in [3.05, 3.63) is 11.1 Å². The van der Waals surface area contributed by atoms with Crippen LogP contribution in [-0.4, -0.2) is 37.7 Å². The van der Waals surface area contributed by atoms with E-state index in [0.29, 0.717) is 5.16 Å². The van der Waals surface area contributed by atoms with E-state index in [2.05, 4.69) is 67.0 Å². The van der Waals surface area contributed by atoms with Crippen LogP contribution in [0.25, 0.3) is 0 Å². The summed E-state index contributed by atoms with van der Waals surface area (Å²) in [5.74, 6) is 0. The van der Waals surface area contributed by atoms with E-state index in [0.717, 1.165) is 4.91 Å². The Morgan fingerprint density at radius 1 is 1.00 bits per heavy atom. The average Bonchev–Trinajstić information content (AvgIpc) is 2.46. The molecule has 21 heavy (non-hydrogen) atoms. The molecular weight excluding hydrogens is 322 g/mol. The quantitative estimate of drug-likeness (QED) is 0.379. The lowest BCUT2D eigenvalue weighted by molar-refractivity contribution is 0.715. The monoisotopic (exact) mass is 358 g/mol. The van der Waals surface area contributed by atoms with Crippen molar-refractivity contribution >= 4 is 38.2 Å². The van der Waals surface area contributed by atoms with E-state index in [-0.39, 0.29) is 0 Å². The SMILES string of the molecule is CC1=PC(C)(CCPC([Si](C)(C)C)[Si](C)(C)C)C(C)=C1C. The van der Waals surface area contributed by atoms with E-state index < -0.39 is 16.1 Å². The van der Waals surface area contributed by atoms with Gasteiger partial charge in [0.1, 0.15) is 0 Å². The van der Waals surface area contributed by atoms with Crippen molar-refractivity contribution in [2.75, 3.05) is 6.16 Å².